The number of aliphatic hydroxyl groups excluding tert-OH is 1. The van der Waals surface area contributed by atoms with Crippen molar-refractivity contribution in [2.75, 3.05) is 7.05 Å². The van der Waals surface area contributed by atoms with Crippen LogP contribution in [-0.2, 0) is 4.79 Å². The van der Waals surface area contributed by atoms with Gasteiger partial charge in [-0.2, -0.15) is 0 Å². The van der Waals surface area contributed by atoms with Crippen LogP contribution in [0, 0.1) is 5.92 Å². The van der Waals surface area contributed by atoms with Gasteiger partial charge in [-0.05, 0) is 19.8 Å². The highest BCUT2D eigenvalue weighted by molar-refractivity contribution is 7.80. The lowest BCUT2D eigenvalue weighted by molar-refractivity contribution is -0.137. The second-order valence-corrected chi connectivity index (χ2v) is 4.96. The predicted molar refractivity (Wildman–Crippen MR) is 67.0 cm³/mol. The van der Waals surface area contributed by atoms with E-state index in [1.54, 1.807) is 18.9 Å². The van der Waals surface area contributed by atoms with E-state index in [4.69, 9.17) is 18.0 Å². The van der Waals surface area contributed by atoms with Crippen molar-refractivity contribution in [3.05, 3.63) is 0 Å². The van der Waals surface area contributed by atoms with E-state index >= 15 is 0 Å². The lowest BCUT2D eigenvalue weighted by atomic mass is 9.91. The van der Waals surface area contributed by atoms with E-state index in [0.29, 0.717) is 0 Å². The SMILES string of the molecule is CC(C(=O)N(C)C1CCCCC1O)C(N)=S. The van der Waals surface area contributed by atoms with Crippen LogP contribution < -0.4 is 5.73 Å². The Labute approximate surface area is 102 Å². The molecule has 0 heterocycles. The maximum atomic E-state index is 12.0. The molecule has 0 aromatic heterocycles. The van der Waals surface area contributed by atoms with Gasteiger partial charge in [-0.25, -0.2) is 0 Å². The van der Waals surface area contributed by atoms with E-state index in [-0.39, 0.29) is 16.9 Å². The van der Waals surface area contributed by atoms with Crippen molar-refractivity contribution in [2.45, 2.75) is 44.8 Å². The highest BCUT2D eigenvalue weighted by Gasteiger charge is 2.31. The third-order valence-electron chi connectivity index (χ3n) is 3.34. The fourth-order valence-electron chi connectivity index (χ4n) is 2.13. The first kappa shape index (κ1) is 13.4. The lowest BCUT2D eigenvalue weighted by Crippen LogP contribution is -2.49. The molecule has 4 nitrogen and oxygen atoms in total. The monoisotopic (exact) mass is 244 g/mol. The molecule has 0 radical (unpaired) electrons. The molecule has 1 fully saturated rings. The van der Waals surface area contributed by atoms with Gasteiger partial charge in [0.2, 0.25) is 5.91 Å². The Morgan fingerprint density at radius 3 is 2.56 bits per heavy atom. The number of carbonyl (C=O) groups is 1. The Kier molecular flexibility index (Phi) is 4.68. The number of nitrogens with zero attached hydrogens (tertiary/aromatic N) is 1. The molecule has 0 aliphatic heterocycles. The molecule has 92 valence electrons. The number of carbonyl (C=O) groups excluding carboxylic acids is 1. The topological polar surface area (TPSA) is 66.6 Å². The van der Waals surface area contributed by atoms with Crippen LogP contribution in [0.5, 0.6) is 0 Å². The number of hydrogen-bond acceptors (Lipinski definition) is 3. The number of amides is 1. The number of rotatable bonds is 3. The van der Waals surface area contributed by atoms with Gasteiger partial charge in [-0.3, -0.25) is 4.79 Å². The highest BCUT2D eigenvalue weighted by atomic mass is 32.1. The number of likely N-dealkylation sites (N-methyl/N-ethyl adjacent to an activating group) is 1. The van der Waals surface area contributed by atoms with E-state index in [0.717, 1.165) is 25.7 Å². The third kappa shape index (κ3) is 2.92. The molecule has 3 atom stereocenters. The summed E-state index contributed by atoms with van der Waals surface area (Å²) in [6, 6.07) is -0.0851. The van der Waals surface area contributed by atoms with Gasteiger partial charge >= 0.3 is 0 Å². The second-order valence-electron chi connectivity index (χ2n) is 4.49. The summed E-state index contributed by atoms with van der Waals surface area (Å²) in [6.45, 7) is 1.70. The Hall–Kier alpha value is -0.680. The molecule has 0 aromatic carbocycles. The van der Waals surface area contributed by atoms with E-state index in [2.05, 4.69) is 0 Å². The summed E-state index contributed by atoms with van der Waals surface area (Å²) in [7, 11) is 1.72. The molecule has 3 N–H and O–H groups in total. The molecular formula is C11H20N2O2S. The van der Waals surface area contributed by atoms with Crippen molar-refractivity contribution in [2.24, 2.45) is 11.7 Å². The quantitative estimate of drug-likeness (QED) is 0.716. The first-order valence-corrected chi connectivity index (χ1v) is 6.10. The van der Waals surface area contributed by atoms with Gasteiger partial charge in [0.15, 0.2) is 0 Å². The van der Waals surface area contributed by atoms with Gasteiger partial charge < -0.3 is 15.7 Å². The minimum atomic E-state index is -0.450. The average Bonchev–Trinajstić information content (AvgIpc) is 2.26. The second kappa shape index (κ2) is 5.59. The molecule has 1 saturated carbocycles. The third-order valence-corrected chi connectivity index (χ3v) is 3.69. The molecule has 1 amide bonds. The van der Waals surface area contributed by atoms with Crippen LogP contribution in [0.15, 0.2) is 0 Å². The normalized spacial score (nSPS) is 27.2. The van der Waals surface area contributed by atoms with Gasteiger partial charge in [-0.1, -0.05) is 25.1 Å². The van der Waals surface area contributed by atoms with Crippen LogP contribution in [0.4, 0.5) is 0 Å². The molecule has 1 aliphatic carbocycles. The zero-order valence-electron chi connectivity index (χ0n) is 9.85. The number of hydrogen-bond donors (Lipinski definition) is 2. The van der Waals surface area contributed by atoms with Crippen molar-refractivity contribution in [1.29, 1.82) is 0 Å². The molecule has 0 aromatic rings. The van der Waals surface area contributed by atoms with E-state index in [9.17, 15) is 9.90 Å². The molecule has 5 heteroatoms. The first-order valence-electron chi connectivity index (χ1n) is 5.69. The van der Waals surface area contributed by atoms with Gasteiger partial charge in [0.25, 0.3) is 0 Å². The summed E-state index contributed by atoms with van der Waals surface area (Å²) in [6.07, 6.45) is 3.30. The summed E-state index contributed by atoms with van der Waals surface area (Å²) in [5, 5.41) is 9.85. The Bertz CT molecular complexity index is 283. The molecule has 1 aliphatic rings. The Balaban J connectivity index is 2.65. The summed E-state index contributed by atoms with van der Waals surface area (Å²) in [5.74, 6) is -0.549. The van der Waals surface area contributed by atoms with Crippen LogP contribution >= 0.6 is 12.2 Å². The molecule has 1 rings (SSSR count). The molecule has 0 spiro atoms. The van der Waals surface area contributed by atoms with Crippen LogP contribution in [0.1, 0.15) is 32.6 Å². The van der Waals surface area contributed by atoms with E-state index in [1.165, 1.54) is 0 Å². The summed E-state index contributed by atoms with van der Waals surface area (Å²) in [5.41, 5.74) is 5.46. The minimum Gasteiger partial charge on any atom is -0.393 e. The molecule has 0 bridgehead atoms. The lowest BCUT2D eigenvalue weighted by Gasteiger charge is -2.36. The largest absolute Gasteiger partial charge is 0.393 e. The maximum Gasteiger partial charge on any atom is 0.232 e. The summed E-state index contributed by atoms with van der Waals surface area (Å²) in [4.78, 5) is 13.8. The number of aliphatic hydroxyl groups is 1. The molecule has 0 saturated heterocycles. The zero-order chi connectivity index (χ0) is 12.3. The smallest absolute Gasteiger partial charge is 0.232 e. The number of nitrogens with two attached hydrogens (primary N) is 1. The van der Waals surface area contributed by atoms with Crippen molar-refractivity contribution in [3.8, 4) is 0 Å². The fourth-order valence-corrected chi connectivity index (χ4v) is 2.23. The molecular weight excluding hydrogens is 224 g/mol. The fraction of sp³-hybridized carbons (Fsp3) is 0.818. The highest BCUT2D eigenvalue weighted by Crippen LogP contribution is 2.23. The Morgan fingerprint density at radius 2 is 2.06 bits per heavy atom. The summed E-state index contributed by atoms with van der Waals surface area (Å²) < 4.78 is 0. The predicted octanol–water partition coefficient (Wildman–Crippen LogP) is 0.671. The van der Waals surface area contributed by atoms with E-state index in [1.807, 2.05) is 0 Å². The first-order chi connectivity index (χ1) is 7.45. The zero-order valence-corrected chi connectivity index (χ0v) is 10.7. The minimum absolute atomic E-state index is 0.0851. The van der Waals surface area contributed by atoms with Crippen LogP contribution in [-0.4, -0.2) is 40.1 Å². The van der Waals surface area contributed by atoms with Crippen molar-refractivity contribution >= 4 is 23.1 Å². The molecule has 16 heavy (non-hydrogen) atoms. The standard InChI is InChI=1S/C11H20N2O2S/c1-7(10(12)16)11(15)13(2)8-5-3-4-6-9(8)14/h7-9,14H,3-6H2,1-2H3,(H2,12,16). The molecule has 3 unspecified atom stereocenters. The van der Waals surface area contributed by atoms with Gasteiger partial charge in [0.05, 0.1) is 23.1 Å². The average molecular weight is 244 g/mol. The van der Waals surface area contributed by atoms with Crippen LogP contribution in [0.25, 0.3) is 0 Å². The Morgan fingerprint density at radius 1 is 1.50 bits per heavy atom. The van der Waals surface area contributed by atoms with E-state index < -0.39 is 12.0 Å². The van der Waals surface area contributed by atoms with Gasteiger partial charge in [0.1, 0.15) is 0 Å². The van der Waals surface area contributed by atoms with Crippen LogP contribution in [0.2, 0.25) is 0 Å². The van der Waals surface area contributed by atoms with Gasteiger partial charge in [0, 0.05) is 7.05 Å². The maximum absolute atomic E-state index is 12.0. The van der Waals surface area contributed by atoms with Gasteiger partial charge in [-0.15, -0.1) is 0 Å². The summed E-state index contributed by atoms with van der Waals surface area (Å²) >= 11 is 4.81. The van der Waals surface area contributed by atoms with Crippen molar-refractivity contribution < 1.29 is 9.90 Å². The van der Waals surface area contributed by atoms with Crippen molar-refractivity contribution in [1.82, 2.24) is 4.90 Å². The number of thiocarbonyl (C=S) groups is 1. The van der Waals surface area contributed by atoms with Crippen molar-refractivity contribution in [3.63, 3.8) is 0 Å². The van der Waals surface area contributed by atoms with Crippen LogP contribution in [0.3, 0.4) is 0 Å².